The van der Waals surface area contributed by atoms with Crippen molar-refractivity contribution in [2.45, 2.75) is 25.9 Å². The molecule has 1 aliphatic rings. The quantitative estimate of drug-likeness (QED) is 0.866. The summed E-state index contributed by atoms with van der Waals surface area (Å²) >= 11 is 0. The average molecular weight is 274 g/mol. The second kappa shape index (κ2) is 4.67. The van der Waals surface area contributed by atoms with E-state index in [0.717, 1.165) is 23.8 Å². The molecule has 0 radical (unpaired) electrons. The Kier molecular flexibility index (Phi) is 2.97. The predicted molar refractivity (Wildman–Crippen MR) is 72.0 cm³/mol. The minimum atomic E-state index is -0.960. The summed E-state index contributed by atoms with van der Waals surface area (Å²) in [6, 6.07) is 6.47. The van der Waals surface area contributed by atoms with Gasteiger partial charge in [-0.1, -0.05) is 0 Å². The molecule has 1 aliphatic carbocycles. The maximum atomic E-state index is 11.4. The first-order valence-corrected chi connectivity index (χ1v) is 6.48. The molecule has 1 N–H and O–H groups in total. The van der Waals surface area contributed by atoms with Gasteiger partial charge in [-0.15, -0.1) is 0 Å². The largest absolute Gasteiger partial charge is 0.478 e. The van der Waals surface area contributed by atoms with E-state index in [2.05, 4.69) is 0 Å². The number of carboxylic acid groups (broad SMARTS) is 1. The fourth-order valence-electron chi connectivity index (χ4n) is 2.27. The maximum Gasteiger partial charge on any atom is 0.345 e. The molecule has 1 aromatic heterocycles. The van der Waals surface area contributed by atoms with Crippen LogP contribution in [0.1, 0.15) is 18.4 Å². The molecule has 0 saturated heterocycles. The lowest BCUT2D eigenvalue weighted by Gasteiger charge is -2.14. The van der Waals surface area contributed by atoms with Crippen LogP contribution in [0.15, 0.2) is 33.5 Å². The van der Waals surface area contributed by atoms with Crippen LogP contribution in [0, 0.1) is 12.8 Å². The number of carboxylic acids is 1. The molecule has 5 nitrogen and oxygen atoms in total. The third kappa shape index (κ3) is 2.39. The highest BCUT2D eigenvalue weighted by Gasteiger charge is 2.38. The topological polar surface area (TPSA) is 76.7 Å². The Labute approximate surface area is 114 Å². The highest BCUT2D eigenvalue weighted by Crippen LogP contribution is 2.35. The minimum Gasteiger partial charge on any atom is -0.478 e. The Balaban J connectivity index is 1.96. The zero-order valence-electron chi connectivity index (χ0n) is 11.0. The number of ether oxygens (including phenoxy) is 1. The molecule has 1 aromatic carbocycles. The zero-order chi connectivity index (χ0) is 14.3. The molecule has 0 amide bonds. The lowest BCUT2D eigenvalue weighted by molar-refractivity contribution is -0.146. The highest BCUT2D eigenvalue weighted by molar-refractivity contribution is 5.81. The molecule has 3 rings (SSSR count). The first-order valence-electron chi connectivity index (χ1n) is 6.48. The first kappa shape index (κ1) is 12.7. The Bertz CT molecular complexity index is 727. The molecule has 1 atom stereocenters. The Morgan fingerprint density at radius 3 is 2.80 bits per heavy atom. The second-order valence-electron chi connectivity index (χ2n) is 5.12. The minimum absolute atomic E-state index is 0.0766. The normalized spacial score (nSPS) is 16.1. The summed E-state index contributed by atoms with van der Waals surface area (Å²) in [6.07, 6.45) is 0.918. The van der Waals surface area contributed by atoms with Gasteiger partial charge in [0.2, 0.25) is 0 Å². The fraction of sp³-hybridized carbons (Fsp3) is 0.333. The van der Waals surface area contributed by atoms with E-state index in [9.17, 15) is 9.59 Å². The van der Waals surface area contributed by atoms with Gasteiger partial charge in [-0.2, -0.15) is 0 Å². The molecule has 0 aliphatic heterocycles. The number of benzene rings is 1. The molecule has 1 heterocycles. The van der Waals surface area contributed by atoms with E-state index in [1.54, 1.807) is 18.2 Å². The summed E-state index contributed by atoms with van der Waals surface area (Å²) in [6.45, 7) is 1.82. The van der Waals surface area contributed by atoms with Gasteiger partial charge in [-0.05, 0) is 37.5 Å². The van der Waals surface area contributed by atoms with Gasteiger partial charge in [-0.25, -0.2) is 9.59 Å². The van der Waals surface area contributed by atoms with Crippen molar-refractivity contribution in [3.63, 3.8) is 0 Å². The number of carbonyl (C=O) groups is 1. The van der Waals surface area contributed by atoms with Crippen molar-refractivity contribution >= 4 is 16.9 Å². The summed E-state index contributed by atoms with van der Waals surface area (Å²) < 4.78 is 10.6. The van der Waals surface area contributed by atoms with Crippen LogP contribution >= 0.6 is 0 Å². The number of rotatable bonds is 4. The third-order valence-electron chi connectivity index (χ3n) is 3.48. The van der Waals surface area contributed by atoms with E-state index in [4.69, 9.17) is 14.3 Å². The molecule has 1 unspecified atom stereocenters. The summed E-state index contributed by atoms with van der Waals surface area (Å²) in [4.78, 5) is 22.5. The van der Waals surface area contributed by atoms with Crippen molar-refractivity contribution in [2.24, 2.45) is 5.92 Å². The van der Waals surface area contributed by atoms with Gasteiger partial charge < -0.3 is 14.3 Å². The molecule has 2 aromatic rings. The van der Waals surface area contributed by atoms with E-state index >= 15 is 0 Å². The van der Waals surface area contributed by atoms with Crippen LogP contribution in [0.4, 0.5) is 0 Å². The van der Waals surface area contributed by atoms with Gasteiger partial charge in [0.25, 0.3) is 0 Å². The molecular formula is C15H14O5. The molecule has 104 valence electrons. The number of fused-ring (bicyclic) bond motifs is 1. The van der Waals surface area contributed by atoms with Crippen LogP contribution in [-0.2, 0) is 4.79 Å². The van der Waals surface area contributed by atoms with E-state index < -0.39 is 17.7 Å². The van der Waals surface area contributed by atoms with Crippen molar-refractivity contribution in [2.75, 3.05) is 0 Å². The van der Waals surface area contributed by atoms with Gasteiger partial charge in [0, 0.05) is 23.4 Å². The maximum absolute atomic E-state index is 11.4. The molecule has 0 bridgehead atoms. The van der Waals surface area contributed by atoms with Crippen LogP contribution in [-0.4, -0.2) is 17.2 Å². The van der Waals surface area contributed by atoms with E-state index in [-0.39, 0.29) is 5.92 Å². The third-order valence-corrected chi connectivity index (χ3v) is 3.48. The first-order chi connectivity index (χ1) is 9.54. The molecule has 1 fully saturated rings. The van der Waals surface area contributed by atoms with Crippen molar-refractivity contribution in [3.8, 4) is 5.75 Å². The number of aliphatic carboxylic acids is 1. The van der Waals surface area contributed by atoms with Crippen molar-refractivity contribution < 1.29 is 19.1 Å². The van der Waals surface area contributed by atoms with Crippen molar-refractivity contribution in [1.82, 2.24) is 0 Å². The Morgan fingerprint density at radius 1 is 1.40 bits per heavy atom. The van der Waals surface area contributed by atoms with Gasteiger partial charge in [0.15, 0.2) is 6.10 Å². The van der Waals surface area contributed by atoms with E-state index in [0.29, 0.717) is 11.3 Å². The summed E-state index contributed by atoms with van der Waals surface area (Å²) in [5.41, 5.74) is 0.802. The average Bonchev–Trinajstić information content (AvgIpc) is 3.19. The van der Waals surface area contributed by atoms with E-state index in [1.165, 1.54) is 6.07 Å². The van der Waals surface area contributed by atoms with E-state index in [1.807, 2.05) is 6.92 Å². The molecule has 1 saturated carbocycles. The molecular weight excluding hydrogens is 260 g/mol. The van der Waals surface area contributed by atoms with Crippen molar-refractivity contribution in [3.05, 3.63) is 40.2 Å². The van der Waals surface area contributed by atoms with Gasteiger partial charge in [-0.3, -0.25) is 0 Å². The van der Waals surface area contributed by atoms with Crippen LogP contribution in [0.5, 0.6) is 5.75 Å². The lowest BCUT2D eigenvalue weighted by atomic mass is 10.1. The predicted octanol–water partition coefficient (Wildman–Crippen LogP) is 2.34. The van der Waals surface area contributed by atoms with Crippen LogP contribution in [0.2, 0.25) is 0 Å². The summed E-state index contributed by atoms with van der Waals surface area (Å²) in [7, 11) is 0. The zero-order valence-corrected chi connectivity index (χ0v) is 11.0. The van der Waals surface area contributed by atoms with Gasteiger partial charge >= 0.3 is 11.6 Å². The van der Waals surface area contributed by atoms with Crippen LogP contribution in [0.3, 0.4) is 0 Å². The smallest absolute Gasteiger partial charge is 0.345 e. The molecule has 0 spiro atoms. The SMILES string of the molecule is Cc1cc(=O)oc2cc(OC(C(=O)O)C3CC3)ccc12. The standard InChI is InChI=1S/C15H14O5/c1-8-6-13(16)20-12-7-10(4-5-11(8)12)19-14(15(17)18)9-2-3-9/h4-7,9,14H,2-3H2,1H3,(H,17,18). The van der Waals surface area contributed by atoms with Crippen LogP contribution < -0.4 is 10.4 Å². The second-order valence-corrected chi connectivity index (χ2v) is 5.12. The van der Waals surface area contributed by atoms with Crippen molar-refractivity contribution in [1.29, 1.82) is 0 Å². The Morgan fingerprint density at radius 2 is 2.15 bits per heavy atom. The van der Waals surface area contributed by atoms with Crippen LogP contribution in [0.25, 0.3) is 11.0 Å². The number of hydrogen-bond acceptors (Lipinski definition) is 4. The Hall–Kier alpha value is -2.30. The number of hydrogen-bond donors (Lipinski definition) is 1. The molecule has 5 heteroatoms. The monoisotopic (exact) mass is 274 g/mol. The summed E-state index contributed by atoms with van der Waals surface area (Å²) in [5, 5.41) is 9.96. The fourth-order valence-corrected chi connectivity index (χ4v) is 2.27. The highest BCUT2D eigenvalue weighted by atomic mass is 16.5. The number of aryl methyl sites for hydroxylation is 1. The molecule has 20 heavy (non-hydrogen) atoms. The lowest BCUT2D eigenvalue weighted by Crippen LogP contribution is -2.29. The van der Waals surface area contributed by atoms with Gasteiger partial charge in [0.05, 0.1) is 0 Å². The van der Waals surface area contributed by atoms with Gasteiger partial charge in [0.1, 0.15) is 11.3 Å². The summed E-state index contributed by atoms with van der Waals surface area (Å²) in [5.74, 6) is -0.475.